The molecule has 12 nitrogen and oxygen atoms in total. The average Bonchev–Trinajstić information content (AvgIpc) is 3.38. The fraction of sp³-hybridized carbons (Fsp3) is 0.164. The fourth-order valence-electron chi connectivity index (χ4n) is 9.59. The van der Waals surface area contributed by atoms with Crippen LogP contribution in [-0.2, 0) is 4.74 Å². The normalized spacial score (nSPS) is 14.7. The topological polar surface area (TPSA) is 136 Å². The highest BCUT2D eigenvalue weighted by Crippen LogP contribution is 2.38. The van der Waals surface area contributed by atoms with Crippen molar-refractivity contribution in [1.82, 2.24) is 34.8 Å². The van der Waals surface area contributed by atoms with Gasteiger partial charge in [-0.25, -0.2) is 9.97 Å². The molecule has 0 atom stereocenters. The van der Waals surface area contributed by atoms with E-state index in [9.17, 15) is 9.59 Å². The number of likely N-dealkylation sites (N-methyl/N-ethyl adjacent to an activating group) is 1. The second kappa shape index (κ2) is 16.7. The summed E-state index contributed by atoms with van der Waals surface area (Å²) in [6.07, 6.45) is 3.73. The van der Waals surface area contributed by atoms with Crippen molar-refractivity contribution in [2.75, 3.05) is 69.3 Å². The molecule has 2 N–H and O–H groups in total. The van der Waals surface area contributed by atoms with Crippen LogP contribution in [-0.4, -0.2) is 94.3 Å². The molecular weight excluding hydrogens is 835 g/mol. The average molecular weight is 880 g/mol. The van der Waals surface area contributed by atoms with Gasteiger partial charge in [-0.2, -0.15) is 0 Å². The lowest BCUT2D eigenvalue weighted by molar-refractivity contribution is 0.122. The summed E-state index contributed by atoms with van der Waals surface area (Å²) in [4.78, 5) is 59.7. The van der Waals surface area contributed by atoms with Crippen LogP contribution in [0.2, 0.25) is 0 Å². The van der Waals surface area contributed by atoms with Crippen molar-refractivity contribution < 1.29 is 4.74 Å². The number of nitrogens with zero attached hydrogens (tertiary/aromatic N) is 7. The highest BCUT2D eigenvalue weighted by molar-refractivity contribution is 5.97. The van der Waals surface area contributed by atoms with Crippen LogP contribution in [0.3, 0.4) is 0 Å². The molecule has 4 aromatic carbocycles. The largest absolute Gasteiger partial charge is 0.378 e. The Hall–Kier alpha value is -8.06. The number of anilines is 2. The molecule has 0 radical (unpaired) electrons. The number of nitrogens with one attached hydrogen (secondary N) is 2. The quantitative estimate of drug-likeness (QED) is 0.160. The number of H-pyrrole nitrogens is 2. The van der Waals surface area contributed by atoms with E-state index < -0.39 is 0 Å². The molecular formula is C55H45N9O3. The van der Waals surface area contributed by atoms with E-state index in [0.29, 0.717) is 49.0 Å². The minimum atomic E-state index is -0.161. The maximum absolute atomic E-state index is 13.7. The van der Waals surface area contributed by atoms with Gasteiger partial charge in [-0.1, -0.05) is 66.7 Å². The Bertz CT molecular complexity index is 3670. The molecule has 0 saturated carbocycles. The van der Waals surface area contributed by atoms with Gasteiger partial charge in [-0.05, 0) is 90.5 Å². The molecule has 0 amide bonds. The van der Waals surface area contributed by atoms with Crippen LogP contribution in [0, 0.1) is 0 Å². The molecule has 6 aromatic heterocycles. The lowest BCUT2D eigenvalue weighted by Gasteiger charge is -2.33. The van der Waals surface area contributed by atoms with Gasteiger partial charge in [0.15, 0.2) is 0 Å². The molecule has 328 valence electrons. The van der Waals surface area contributed by atoms with Crippen LogP contribution in [0.1, 0.15) is 0 Å². The second-order valence-electron chi connectivity index (χ2n) is 17.5. The number of pyridine rings is 6. The highest BCUT2D eigenvalue weighted by Gasteiger charge is 2.22. The molecule has 0 bridgehead atoms. The third kappa shape index (κ3) is 7.65. The summed E-state index contributed by atoms with van der Waals surface area (Å²) in [5.74, 6) is 0. The van der Waals surface area contributed by atoms with Gasteiger partial charge in [0.25, 0.3) is 11.1 Å². The van der Waals surface area contributed by atoms with Crippen LogP contribution in [0.4, 0.5) is 11.4 Å². The molecule has 8 heterocycles. The lowest BCUT2D eigenvalue weighted by atomic mass is 9.94. The summed E-state index contributed by atoms with van der Waals surface area (Å²) < 4.78 is 5.57. The number of aromatic amines is 2. The Morgan fingerprint density at radius 1 is 0.478 bits per heavy atom. The Morgan fingerprint density at radius 2 is 1.06 bits per heavy atom. The molecule has 0 aliphatic carbocycles. The molecule has 10 aromatic rings. The van der Waals surface area contributed by atoms with Crippen molar-refractivity contribution in [2.24, 2.45) is 0 Å². The van der Waals surface area contributed by atoms with Crippen molar-refractivity contribution in [3.8, 4) is 55.9 Å². The number of hydrogen-bond acceptors (Lipinski definition) is 10. The van der Waals surface area contributed by atoms with Gasteiger partial charge in [-0.3, -0.25) is 19.6 Å². The van der Waals surface area contributed by atoms with Gasteiger partial charge in [0.1, 0.15) is 22.7 Å². The Kier molecular flexibility index (Phi) is 10.1. The Morgan fingerprint density at radius 3 is 1.75 bits per heavy atom. The van der Waals surface area contributed by atoms with Gasteiger partial charge in [0.2, 0.25) is 0 Å². The predicted octanol–water partition coefficient (Wildman–Crippen LogP) is 9.18. The number of hydrogen-bond donors (Lipinski definition) is 2. The van der Waals surface area contributed by atoms with Crippen molar-refractivity contribution >= 4 is 55.2 Å². The smallest absolute Gasteiger partial charge is 0.273 e. The first-order chi connectivity index (χ1) is 32.9. The van der Waals surface area contributed by atoms with E-state index in [1.807, 2.05) is 73.1 Å². The molecule has 0 unspecified atom stereocenters. The molecule has 2 saturated heterocycles. The van der Waals surface area contributed by atoms with Gasteiger partial charge in [0.05, 0.1) is 35.6 Å². The summed E-state index contributed by atoms with van der Waals surface area (Å²) >= 11 is 0. The minimum absolute atomic E-state index is 0.140. The molecule has 12 rings (SSSR count). The number of fused-ring (bicyclic) bond motifs is 4. The molecule has 12 heteroatoms. The van der Waals surface area contributed by atoms with E-state index in [2.05, 4.69) is 109 Å². The first-order valence-electron chi connectivity index (χ1n) is 22.7. The highest BCUT2D eigenvalue weighted by atomic mass is 16.5. The first kappa shape index (κ1) is 40.4. The van der Waals surface area contributed by atoms with E-state index >= 15 is 0 Å². The third-order valence-corrected chi connectivity index (χ3v) is 13.2. The number of morpholine rings is 1. The maximum atomic E-state index is 13.7. The number of aromatic nitrogens is 6. The number of piperazine rings is 1. The Labute approximate surface area is 385 Å². The summed E-state index contributed by atoms with van der Waals surface area (Å²) in [6.45, 7) is 5.83. The molecule has 2 fully saturated rings. The second-order valence-corrected chi connectivity index (χ2v) is 17.5. The van der Waals surface area contributed by atoms with Crippen molar-refractivity contribution in [1.29, 1.82) is 0 Å². The van der Waals surface area contributed by atoms with Gasteiger partial charge in [0, 0.05) is 101 Å². The standard InChI is InChI=1S/C55H45N9O3/c1-62-17-19-63(20-18-62)48-31-42-30-45(36-12-14-46-38(26-36)11-6-16-56-46)51(59-53(42)61-54(48)65)39-10-5-9-35(25-39)43-28-40-27-37(13-15-47(40)57-33-43)44-29-41-32-49(64-21-23-67-24-22-64)55(66)60-52(41)58-50(44)34-7-3-2-4-8-34/h2-16,25-33H,17-24H2,1H3,(H,58,60,66)(H,59,61,65). The zero-order valence-corrected chi connectivity index (χ0v) is 36.9. The van der Waals surface area contributed by atoms with Crippen LogP contribution in [0.5, 0.6) is 0 Å². The number of benzene rings is 4. The van der Waals surface area contributed by atoms with E-state index in [1.54, 1.807) is 0 Å². The SMILES string of the molecule is CN1CCN(c2cc3cc(-c4ccc5ncccc5c4)c(-c4cccc(-c5cnc6ccc(-c7cc8cc(N9CCOCC9)c(=O)[nH]c8nc7-c7ccccc7)cc6c5)c4)nc3[nH]c2=O)CC1. The summed E-state index contributed by atoms with van der Waals surface area (Å²) in [5.41, 5.74) is 13.0. The predicted molar refractivity (Wildman–Crippen MR) is 269 cm³/mol. The number of rotatable bonds is 7. The molecule has 0 spiro atoms. The van der Waals surface area contributed by atoms with Gasteiger partial charge >= 0.3 is 0 Å². The van der Waals surface area contributed by atoms with E-state index in [-0.39, 0.29) is 11.1 Å². The third-order valence-electron chi connectivity index (χ3n) is 13.2. The van der Waals surface area contributed by atoms with Gasteiger partial charge < -0.3 is 29.4 Å². The molecule has 2 aliphatic heterocycles. The van der Waals surface area contributed by atoms with E-state index in [0.717, 1.165) is 115 Å². The van der Waals surface area contributed by atoms with Crippen LogP contribution < -0.4 is 20.9 Å². The number of ether oxygens (including phenoxy) is 1. The minimum Gasteiger partial charge on any atom is -0.378 e. The zero-order valence-electron chi connectivity index (χ0n) is 36.9. The van der Waals surface area contributed by atoms with Crippen molar-refractivity contribution in [3.05, 3.63) is 167 Å². The summed E-state index contributed by atoms with van der Waals surface area (Å²) in [5, 5.41) is 3.72. The van der Waals surface area contributed by atoms with Crippen molar-refractivity contribution in [2.45, 2.75) is 0 Å². The molecule has 67 heavy (non-hydrogen) atoms. The monoisotopic (exact) mass is 879 g/mol. The zero-order chi connectivity index (χ0) is 45.0. The van der Waals surface area contributed by atoms with Gasteiger partial charge in [-0.15, -0.1) is 0 Å². The summed E-state index contributed by atoms with van der Waals surface area (Å²) in [7, 11) is 2.11. The van der Waals surface area contributed by atoms with Crippen molar-refractivity contribution in [3.63, 3.8) is 0 Å². The maximum Gasteiger partial charge on any atom is 0.273 e. The fourth-order valence-corrected chi connectivity index (χ4v) is 9.59. The van der Waals surface area contributed by atoms with Crippen LogP contribution in [0.15, 0.2) is 155 Å². The van der Waals surface area contributed by atoms with Crippen LogP contribution in [0.25, 0.3) is 99.8 Å². The first-order valence-corrected chi connectivity index (χ1v) is 22.7. The lowest BCUT2D eigenvalue weighted by Crippen LogP contribution is -2.46. The van der Waals surface area contributed by atoms with E-state index in [4.69, 9.17) is 19.7 Å². The Balaban J connectivity index is 0.961. The van der Waals surface area contributed by atoms with Crippen LogP contribution >= 0.6 is 0 Å². The van der Waals surface area contributed by atoms with E-state index in [1.165, 1.54) is 0 Å². The molecule has 2 aliphatic rings. The summed E-state index contributed by atoms with van der Waals surface area (Å²) in [6, 6.07) is 45.5.